The number of piperazine rings is 1. The van der Waals surface area contributed by atoms with Crippen LogP contribution in [0.1, 0.15) is 37.7 Å². The Labute approximate surface area is 217 Å². The van der Waals surface area contributed by atoms with Gasteiger partial charge in [0.15, 0.2) is 0 Å². The summed E-state index contributed by atoms with van der Waals surface area (Å²) in [6.07, 6.45) is 11.4. The molecule has 7 heteroatoms. The van der Waals surface area contributed by atoms with E-state index in [9.17, 15) is 9.59 Å². The number of hydrogen-bond acceptors (Lipinski definition) is 3. The highest BCUT2D eigenvalue weighted by molar-refractivity contribution is 6.36. The highest BCUT2D eigenvalue weighted by Crippen LogP contribution is 2.26. The van der Waals surface area contributed by atoms with Crippen LogP contribution in [-0.2, 0) is 16.0 Å². The fraction of sp³-hybridized carbons (Fsp3) is 0.357. The maximum Gasteiger partial charge on any atom is 0.227 e. The third-order valence-corrected chi connectivity index (χ3v) is 7.19. The number of amides is 2. The van der Waals surface area contributed by atoms with Gasteiger partial charge in [0.2, 0.25) is 11.8 Å². The SMILES string of the molecule is O=C(CCCC1=CCCC=C1)Nc1ccc(N2CCN(C(=O)Cc3c(Cl)cccc3Cl)CC2)cc1. The van der Waals surface area contributed by atoms with Crippen molar-refractivity contribution in [2.45, 2.75) is 38.5 Å². The zero-order valence-electron chi connectivity index (χ0n) is 19.8. The van der Waals surface area contributed by atoms with E-state index in [0.717, 1.165) is 50.1 Å². The van der Waals surface area contributed by atoms with Gasteiger partial charge < -0.3 is 15.1 Å². The van der Waals surface area contributed by atoms with Crippen molar-refractivity contribution < 1.29 is 9.59 Å². The number of benzene rings is 2. The largest absolute Gasteiger partial charge is 0.368 e. The standard InChI is InChI=1S/C28H31Cl2N3O2/c29-25-9-5-10-26(30)24(25)20-28(35)33-18-16-32(17-19-33)23-14-12-22(13-15-23)31-27(34)11-4-8-21-6-2-1-3-7-21/h2,5-7,9-10,12-15H,1,3-4,8,11,16-20H2,(H,31,34). The van der Waals surface area contributed by atoms with Crippen LogP contribution in [0, 0.1) is 0 Å². The van der Waals surface area contributed by atoms with Crippen molar-refractivity contribution in [2.24, 2.45) is 0 Å². The van der Waals surface area contributed by atoms with E-state index in [1.54, 1.807) is 18.2 Å². The van der Waals surface area contributed by atoms with Gasteiger partial charge in [-0.2, -0.15) is 0 Å². The average Bonchev–Trinajstić information content (AvgIpc) is 2.87. The molecule has 4 rings (SSSR count). The average molecular weight is 512 g/mol. The Morgan fingerprint density at radius 3 is 2.29 bits per heavy atom. The van der Waals surface area contributed by atoms with Crippen molar-refractivity contribution in [3.63, 3.8) is 0 Å². The van der Waals surface area contributed by atoms with Gasteiger partial charge in [-0.05, 0) is 67.6 Å². The number of hydrogen-bond donors (Lipinski definition) is 1. The maximum absolute atomic E-state index is 12.8. The minimum absolute atomic E-state index is 0.0357. The number of nitrogens with one attached hydrogen (secondary N) is 1. The second-order valence-electron chi connectivity index (χ2n) is 8.95. The molecular weight excluding hydrogens is 481 g/mol. The Bertz CT molecular complexity index is 1080. The molecule has 0 saturated carbocycles. The normalized spacial score (nSPS) is 15.7. The molecule has 1 N–H and O–H groups in total. The number of nitrogens with zero attached hydrogens (tertiary/aromatic N) is 2. The topological polar surface area (TPSA) is 52.7 Å². The summed E-state index contributed by atoms with van der Waals surface area (Å²) >= 11 is 12.4. The Morgan fingerprint density at radius 1 is 0.914 bits per heavy atom. The molecule has 1 fully saturated rings. The summed E-state index contributed by atoms with van der Waals surface area (Å²) in [5, 5.41) is 4.04. The van der Waals surface area contributed by atoms with Gasteiger partial charge in [-0.1, -0.05) is 53.1 Å². The first-order chi connectivity index (χ1) is 17.0. The van der Waals surface area contributed by atoms with Crippen molar-refractivity contribution in [3.05, 3.63) is 81.9 Å². The predicted molar refractivity (Wildman–Crippen MR) is 144 cm³/mol. The molecule has 1 aliphatic heterocycles. The minimum atomic E-state index is 0.0357. The lowest BCUT2D eigenvalue weighted by atomic mass is 10.0. The molecule has 1 aliphatic carbocycles. The molecular formula is C28H31Cl2N3O2. The highest BCUT2D eigenvalue weighted by atomic mass is 35.5. The molecule has 1 saturated heterocycles. The first-order valence-corrected chi connectivity index (χ1v) is 13.0. The summed E-state index contributed by atoms with van der Waals surface area (Å²) in [5.74, 6) is 0.0809. The molecule has 184 valence electrons. The van der Waals surface area contributed by atoms with Crippen LogP contribution in [0.2, 0.25) is 10.0 Å². The molecule has 0 spiro atoms. The molecule has 2 aliphatic rings. The molecule has 0 atom stereocenters. The van der Waals surface area contributed by atoms with E-state index in [2.05, 4.69) is 28.4 Å². The number of halogens is 2. The number of carbonyl (C=O) groups is 2. The Kier molecular flexibility index (Phi) is 8.89. The van der Waals surface area contributed by atoms with Crippen LogP contribution in [0.5, 0.6) is 0 Å². The van der Waals surface area contributed by atoms with E-state index in [4.69, 9.17) is 23.2 Å². The fourth-order valence-electron chi connectivity index (χ4n) is 4.46. The van der Waals surface area contributed by atoms with Gasteiger partial charge in [-0.15, -0.1) is 0 Å². The van der Waals surface area contributed by atoms with E-state index >= 15 is 0 Å². The van der Waals surface area contributed by atoms with Crippen molar-refractivity contribution in [2.75, 3.05) is 36.4 Å². The third kappa shape index (κ3) is 7.12. The monoisotopic (exact) mass is 511 g/mol. The fourth-order valence-corrected chi connectivity index (χ4v) is 4.99. The highest BCUT2D eigenvalue weighted by Gasteiger charge is 2.23. The number of carbonyl (C=O) groups excluding carboxylic acids is 2. The zero-order chi connectivity index (χ0) is 24.6. The van der Waals surface area contributed by atoms with Crippen LogP contribution in [0.25, 0.3) is 0 Å². The summed E-state index contributed by atoms with van der Waals surface area (Å²) in [6.45, 7) is 2.78. The second kappa shape index (κ2) is 12.3. The molecule has 2 amide bonds. The second-order valence-corrected chi connectivity index (χ2v) is 9.77. The van der Waals surface area contributed by atoms with Gasteiger partial charge in [0.1, 0.15) is 0 Å². The summed E-state index contributed by atoms with van der Waals surface area (Å²) < 4.78 is 0. The smallest absolute Gasteiger partial charge is 0.227 e. The molecule has 0 radical (unpaired) electrons. The lowest BCUT2D eigenvalue weighted by molar-refractivity contribution is -0.130. The van der Waals surface area contributed by atoms with Gasteiger partial charge in [0.05, 0.1) is 6.42 Å². The maximum atomic E-state index is 12.8. The summed E-state index contributed by atoms with van der Waals surface area (Å²) in [5.41, 5.74) is 3.91. The van der Waals surface area contributed by atoms with Gasteiger partial charge in [-0.25, -0.2) is 0 Å². The first-order valence-electron chi connectivity index (χ1n) is 12.2. The van der Waals surface area contributed by atoms with Crippen LogP contribution in [0.4, 0.5) is 11.4 Å². The molecule has 0 unspecified atom stereocenters. The van der Waals surface area contributed by atoms with Crippen LogP contribution in [0.15, 0.2) is 66.3 Å². The van der Waals surface area contributed by atoms with Gasteiger partial charge in [0.25, 0.3) is 0 Å². The summed E-state index contributed by atoms with van der Waals surface area (Å²) in [6, 6.07) is 13.2. The van der Waals surface area contributed by atoms with Gasteiger partial charge >= 0.3 is 0 Å². The lowest BCUT2D eigenvalue weighted by Gasteiger charge is -2.36. The molecule has 0 bridgehead atoms. The Hall–Kier alpha value is -2.76. The van der Waals surface area contributed by atoms with Crippen molar-refractivity contribution in [1.29, 1.82) is 0 Å². The van der Waals surface area contributed by atoms with E-state index < -0.39 is 0 Å². The number of allylic oxidation sites excluding steroid dienone is 4. The first kappa shape index (κ1) is 25.3. The van der Waals surface area contributed by atoms with Crippen LogP contribution >= 0.6 is 23.2 Å². The van der Waals surface area contributed by atoms with Gasteiger partial charge in [-0.3, -0.25) is 9.59 Å². The lowest BCUT2D eigenvalue weighted by Crippen LogP contribution is -2.49. The number of rotatable bonds is 8. The van der Waals surface area contributed by atoms with Gasteiger partial charge in [0, 0.05) is 54.0 Å². The Morgan fingerprint density at radius 2 is 1.63 bits per heavy atom. The molecule has 2 aromatic carbocycles. The molecule has 1 heterocycles. The predicted octanol–water partition coefficient (Wildman–Crippen LogP) is 6.27. The van der Waals surface area contributed by atoms with Crippen LogP contribution in [0.3, 0.4) is 0 Å². The Balaban J connectivity index is 1.21. The third-order valence-electron chi connectivity index (χ3n) is 6.48. The van der Waals surface area contributed by atoms with E-state index in [1.807, 2.05) is 29.2 Å². The van der Waals surface area contributed by atoms with Crippen LogP contribution < -0.4 is 10.2 Å². The summed E-state index contributed by atoms with van der Waals surface area (Å²) in [7, 11) is 0. The quantitative estimate of drug-likeness (QED) is 0.454. The van der Waals surface area contributed by atoms with Crippen LogP contribution in [-0.4, -0.2) is 42.9 Å². The zero-order valence-corrected chi connectivity index (χ0v) is 21.3. The van der Waals surface area contributed by atoms with Crippen molar-refractivity contribution >= 4 is 46.4 Å². The molecule has 2 aromatic rings. The van der Waals surface area contributed by atoms with Crippen molar-refractivity contribution in [3.8, 4) is 0 Å². The van der Waals surface area contributed by atoms with E-state index in [0.29, 0.717) is 35.1 Å². The van der Waals surface area contributed by atoms with Crippen molar-refractivity contribution in [1.82, 2.24) is 4.90 Å². The summed E-state index contributed by atoms with van der Waals surface area (Å²) in [4.78, 5) is 29.2. The number of anilines is 2. The molecule has 5 nitrogen and oxygen atoms in total. The minimum Gasteiger partial charge on any atom is -0.368 e. The van der Waals surface area contributed by atoms with E-state index in [-0.39, 0.29) is 18.2 Å². The molecule has 0 aromatic heterocycles. The van der Waals surface area contributed by atoms with E-state index in [1.165, 1.54) is 5.57 Å². The molecule has 35 heavy (non-hydrogen) atoms.